The fourth-order valence-electron chi connectivity index (χ4n) is 10.2. The first-order chi connectivity index (χ1) is 35.4. The predicted octanol–water partition coefficient (Wildman–Crippen LogP) is 5.98. The average Bonchev–Trinajstić information content (AvgIpc) is 4.01. The minimum atomic E-state index is -1.03. The number of aryl methyl sites for hydroxylation is 2. The molecule has 3 saturated heterocycles. The minimum Gasteiger partial charge on any atom is -0.383 e. The smallest absolute Gasteiger partial charge is 0.262 e. The Labute approximate surface area is 419 Å². The molecule has 5 aromatic rings. The maximum absolute atomic E-state index is 14.6. The van der Waals surface area contributed by atoms with Gasteiger partial charge in [0.2, 0.25) is 23.6 Å². The van der Waals surface area contributed by atoms with E-state index in [4.69, 9.17) is 28.5 Å². The third-order valence-corrected chi connectivity index (χ3v) is 13.7. The quantitative estimate of drug-likeness (QED) is 0.0639. The van der Waals surface area contributed by atoms with Crippen molar-refractivity contribution in [3.8, 4) is 11.1 Å². The normalized spacial score (nSPS) is 18.6. The van der Waals surface area contributed by atoms with Crippen molar-refractivity contribution in [2.75, 3.05) is 82.7 Å². The summed E-state index contributed by atoms with van der Waals surface area (Å²) in [5.41, 5.74) is 5.41. The van der Waals surface area contributed by atoms with E-state index in [1.54, 1.807) is 23.1 Å². The summed E-state index contributed by atoms with van der Waals surface area (Å²) >= 11 is 0. The lowest BCUT2D eigenvalue weighted by Gasteiger charge is -2.38. The maximum atomic E-state index is 14.6. The summed E-state index contributed by atoms with van der Waals surface area (Å²) in [5, 5.41) is 9.48. The number of piperidine rings is 3. The number of carbonyl (C=O) groups is 6. The van der Waals surface area contributed by atoms with Crippen molar-refractivity contribution in [1.29, 1.82) is 0 Å². The van der Waals surface area contributed by atoms with E-state index in [0.29, 0.717) is 109 Å². The van der Waals surface area contributed by atoms with Crippen molar-refractivity contribution < 1.29 is 61.0 Å². The SMILES string of the molecule is Cc1noc(C)c1-c1ccc2c(c1)nc([C@@H]1CCCC(=O)N1c1ccc(F)c(F)c1)n2C1CCN(C(=O)CCOCCOCCOCCOCCNc2ccc3c(c2)C(=O)N(C2CCC(=O)NC2=O)C3=O)CC1. The molecule has 0 aliphatic carbocycles. The lowest BCUT2D eigenvalue weighted by molar-refractivity contribution is -0.136. The van der Waals surface area contributed by atoms with E-state index in [0.717, 1.165) is 44.9 Å². The van der Waals surface area contributed by atoms with Gasteiger partial charge in [-0.3, -0.25) is 39.0 Å². The molecule has 19 nitrogen and oxygen atoms in total. The Morgan fingerprint density at radius 3 is 2.16 bits per heavy atom. The predicted molar refractivity (Wildman–Crippen MR) is 259 cm³/mol. The fourth-order valence-corrected chi connectivity index (χ4v) is 10.2. The molecule has 4 aliphatic rings. The highest BCUT2D eigenvalue weighted by atomic mass is 19.2. The van der Waals surface area contributed by atoms with Gasteiger partial charge in [0.15, 0.2) is 11.6 Å². The summed E-state index contributed by atoms with van der Waals surface area (Å²) in [6.45, 7) is 7.89. The molecule has 0 saturated carbocycles. The van der Waals surface area contributed by atoms with Gasteiger partial charge in [-0.2, -0.15) is 0 Å². The molecule has 2 aromatic heterocycles. The summed E-state index contributed by atoms with van der Waals surface area (Å²) in [5.74, 6) is -3.09. The van der Waals surface area contributed by atoms with Gasteiger partial charge in [-0.15, -0.1) is 0 Å². The van der Waals surface area contributed by atoms with Gasteiger partial charge in [0.25, 0.3) is 11.8 Å². The molecule has 6 amide bonds. The Morgan fingerprint density at radius 2 is 1.47 bits per heavy atom. The zero-order valence-corrected chi connectivity index (χ0v) is 40.8. The third-order valence-electron chi connectivity index (χ3n) is 13.7. The highest BCUT2D eigenvalue weighted by Crippen LogP contribution is 2.41. The number of ether oxygens (including phenoxy) is 4. The van der Waals surface area contributed by atoms with Gasteiger partial charge < -0.3 is 43.2 Å². The van der Waals surface area contributed by atoms with Crippen LogP contribution in [0.2, 0.25) is 0 Å². The largest absolute Gasteiger partial charge is 0.383 e. The Morgan fingerprint density at radius 1 is 0.753 bits per heavy atom. The summed E-state index contributed by atoms with van der Waals surface area (Å²) in [6, 6.07) is 12.7. The highest BCUT2D eigenvalue weighted by Gasteiger charge is 2.45. The van der Waals surface area contributed by atoms with E-state index < -0.39 is 47.3 Å². The number of likely N-dealkylation sites (tertiary alicyclic amines) is 1. The second kappa shape index (κ2) is 22.9. The van der Waals surface area contributed by atoms with Crippen molar-refractivity contribution in [2.24, 2.45) is 0 Å². The Bertz CT molecular complexity index is 2880. The number of fused-ring (bicyclic) bond motifs is 2. The molecule has 2 N–H and O–H groups in total. The van der Waals surface area contributed by atoms with Gasteiger partial charge in [0, 0.05) is 61.5 Å². The van der Waals surface area contributed by atoms with E-state index >= 15 is 0 Å². The molecular weight excluding hydrogens is 951 g/mol. The maximum Gasteiger partial charge on any atom is 0.262 e. The van der Waals surface area contributed by atoms with E-state index in [2.05, 4.69) is 20.4 Å². The second-order valence-electron chi connectivity index (χ2n) is 18.5. The number of rotatable bonds is 21. The molecular formula is C52H58F2N8O11. The van der Waals surface area contributed by atoms with Gasteiger partial charge in [-0.25, -0.2) is 13.8 Å². The van der Waals surface area contributed by atoms with E-state index in [1.807, 2.05) is 36.9 Å². The van der Waals surface area contributed by atoms with Crippen LogP contribution in [0.5, 0.6) is 0 Å². The van der Waals surface area contributed by atoms with E-state index in [1.165, 1.54) is 6.07 Å². The Kier molecular flexibility index (Phi) is 16.0. The van der Waals surface area contributed by atoms with Crippen LogP contribution in [-0.4, -0.2) is 138 Å². The molecule has 9 rings (SSSR count). The van der Waals surface area contributed by atoms with Crippen molar-refractivity contribution in [1.82, 2.24) is 29.8 Å². The van der Waals surface area contributed by atoms with Crippen molar-refractivity contribution in [3.63, 3.8) is 0 Å². The lowest BCUT2D eigenvalue weighted by Crippen LogP contribution is -2.54. The number of nitrogens with one attached hydrogen (secondary N) is 2. The number of aromatic nitrogens is 3. The van der Waals surface area contributed by atoms with Gasteiger partial charge >= 0.3 is 0 Å². The Balaban J connectivity index is 0.673. The fraction of sp³-hybridized carbons (Fsp3) is 0.462. The molecule has 73 heavy (non-hydrogen) atoms. The first-order valence-corrected chi connectivity index (χ1v) is 24.8. The number of anilines is 2. The van der Waals surface area contributed by atoms with Crippen LogP contribution in [0, 0.1) is 25.5 Å². The van der Waals surface area contributed by atoms with Crippen LogP contribution in [0.4, 0.5) is 20.2 Å². The Hall–Kier alpha value is -6.94. The number of halogens is 2. The number of benzene rings is 3. The van der Waals surface area contributed by atoms with Crippen LogP contribution in [0.1, 0.15) is 101 Å². The molecule has 0 radical (unpaired) electrons. The molecule has 6 heterocycles. The third kappa shape index (κ3) is 11.2. The van der Waals surface area contributed by atoms with Gasteiger partial charge in [0.05, 0.1) is 93.2 Å². The van der Waals surface area contributed by atoms with Crippen LogP contribution < -0.4 is 15.5 Å². The van der Waals surface area contributed by atoms with Gasteiger partial charge in [0.1, 0.15) is 17.6 Å². The van der Waals surface area contributed by atoms with Crippen molar-refractivity contribution in [2.45, 2.75) is 83.3 Å². The number of carbonyl (C=O) groups excluding carboxylic acids is 6. The highest BCUT2D eigenvalue weighted by molar-refractivity contribution is 6.23. The molecule has 1 unspecified atom stereocenters. The van der Waals surface area contributed by atoms with Crippen LogP contribution in [0.3, 0.4) is 0 Å². The van der Waals surface area contributed by atoms with E-state index in [-0.39, 0.29) is 67.0 Å². The van der Waals surface area contributed by atoms with Gasteiger partial charge in [-0.05, 0) is 94.0 Å². The lowest BCUT2D eigenvalue weighted by atomic mass is 9.98. The number of imide groups is 2. The number of hydrogen-bond donors (Lipinski definition) is 2. The first-order valence-electron chi connectivity index (χ1n) is 24.8. The minimum absolute atomic E-state index is 0.00882. The monoisotopic (exact) mass is 1010 g/mol. The first kappa shape index (κ1) is 51.0. The molecule has 0 bridgehead atoms. The molecule has 3 aromatic carbocycles. The molecule has 0 spiro atoms. The van der Waals surface area contributed by atoms with Crippen molar-refractivity contribution in [3.05, 3.63) is 94.6 Å². The topological polar surface area (TPSA) is 217 Å². The van der Waals surface area contributed by atoms with Crippen LogP contribution in [0.25, 0.3) is 22.2 Å². The van der Waals surface area contributed by atoms with Gasteiger partial charge in [-0.1, -0.05) is 11.2 Å². The second-order valence-corrected chi connectivity index (χ2v) is 18.5. The van der Waals surface area contributed by atoms with Crippen molar-refractivity contribution >= 4 is 57.9 Å². The number of amides is 6. The molecule has 4 aliphatic heterocycles. The standard InChI is InChI=1S/C52H58F2N8O11/c1-31-48(32(2)73-58-31)33-6-11-42-41(28-33)56-49(43-4-3-5-47(65)60(43)36-8-10-39(53)40(54)30-36)61(42)35-14-18-59(19-15-35)46(64)16-20-69-22-24-71-26-27-72-25-23-70-21-17-55-34-7-9-37-38(29-34)52(68)62(51(37)67)44-12-13-45(63)57-50(44)66/h6-11,28-30,35,43-44,55H,3-5,12-27H2,1-2H3,(H,57,63,66)/t43-,44?/m0/s1. The van der Waals surface area contributed by atoms with Crippen LogP contribution >= 0.6 is 0 Å². The summed E-state index contributed by atoms with van der Waals surface area (Å²) in [4.78, 5) is 86.3. The van der Waals surface area contributed by atoms with Crippen LogP contribution in [-0.2, 0) is 38.1 Å². The number of hydrogen-bond acceptors (Lipinski definition) is 14. The summed E-state index contributed by atoms with van der Waals surface area (Å²) < 4.78 is 58.8. The molecule has 2 atom stereocenters. The molecule has 386 valence electrons. The summed E-state index contributed by atoms with van der Waals surface area (Å²) in [6.07, 6.45) is 3.12. The zero-order chi connectivity index (χ0) is 51.2. The molecule has 3 fully saturated rings. The van der Waals surface area contributed by atoms with Crippen LogP contribution in [0.15, 0.2) is 59.1 Å². The number of nitrogens with zero attached hydrogens (tertiary/aromatic N) is 6. The zero-order valence-electron chi connectivity index (χ0n) is 40.8. The number of imidazole rings is 1. The summed E-state index contributed by atoms with van der Waals surface area (Å²) in [7, 11) is 0. The van der Waals surface area contributed by atoms with E-state index in [9.17, 15) is 37.5 Å². The average molecular weight is 1010 g/mol. The molecule has 21 heteroatoms.